The smallest absolute Gasteiger partial charge is 0.228 e. The van der Waals surface area contributed by atoms with Gasteiger partial charge < -0.3 is 24.5 Å². The van der Waals surface area contributed by atoms with Crippen LogP contribution in [0, 0.1) is 5.41 Å². The Balaban J connectivity index is 1.43. The van der Waals surface area contributed by atoms with Crippen LogP contribution in [0.3, 0.4) is 0 Å². The highest BCUT2D eigenvalue weighted by atomic mass is 16.5. The number of aliphatic hydroxyl groups excluding tert-OH is 2. The number of ether oxygens (including phenoxy) is 1. The van der Waals surface area contributed by atoms with Crippen molar-refractivity contribution in [1.29, 1.82) is 0 Å². The maximum Gasteiger partial charge on any atom is 0.228 e. The van der Waals surface area contributed by atoms with Gasteiger partial charge in [0.05, 0.1) is 37.3 Å². The normalized spacial score (nSPS) is 25.7. The Kier molecular flexibility index (Phi) is 11.9. The fourth-order valence-electron chi connectivity index (χ4n) is 7.90. The van der Waals surface area contributed by atoms with Crippen molar-refractivity contribution in [2.75, 3.05) is 26.2 Å². The number of fused-ring (bicyclic) bond motifs is 8. The monoisotopic (exact) mass is 643 g/mol. The predicted octanol–water partition coefficient (Wildman–Crippen LogP) is 6.84. The molecule has 1 heterocycles. The Morgan fingerprint density at radius 3 is 2.66 bits per heavy atom. The minimum absolute atomic E-state index is 0.0698. The van der Waals surface area contributed by atoms with Gasteiger partial charge in [0, 0.05) is 24.1 Å². The molecule has 3 aliphatic carbocycles. The predicted molar refractivity (Wildman–Crippen MR) is 184 cm³/mol. The number of hydrogen-bond acceptors (Lipinski definition) is 7. The number of ketones is 1. The highest BCUT2D eigenvalue weighted by molar-refractivity contribution is 6.08. The molecule has 0 saturated heterocycles. The molecule has 1 fully saturated rings. The summed E-state index contributed by atoms with van der Waals surface area (Å²) in [6.07, 6.45) is 8.27. The summed E-state index contributed by atoms with van der Waals surface area (Å²) in [6.45, 7) is 8.68. The quantitative estimate of drug-likeness (QED) is 0.147. The molecule has 254 valence electrons. The molecule has 1 aromatic heterocycles. The van der Waals surface area contributed by atoms with Crippen molar-refractivity contribution in [2.24, 2.45) is 5.41 Å². The minimum Gasteiger partial charge on any atom is -0.461 e. The highest BCUT2D eigenvalue weighted by Crippen LogP contribution is 2.58. The molecule has 2 aromatic carbocycles. The van der Waals surface area contributed by atoms with Crippen LogP contribution in [0.15, 0.2) is 83.0 Å². The van der Waals surface area contributed by atoms with Crippen molar-refractivity contribution in [3.63, 3.8) is 0 Å². The largest absolute Gasteiger partial charge is 0.461 e. The third kappa shape index (κ3) is 8.51. The molecule has 0 radical (unpaired) electrons. The van der Waals surface area contributed by atoms with Crippen LogP contribution in [-0.2, 0) is 17.8 Å². The third-order valence-electron chi connectivity index (χ3n) is 10.6. The van der Waals surface area contributed by atoms with Crippen molar-refractivity contribution in [3.8, 4) is 0 Å². The molecule has 0 spiro atoms. The van der Waals surface area contributed by atoms with Gasteiger partial charge in [0.1, 0.15) is 0 Å². The Hall–Kier alpha value is -3.07. The van der Waals surface area contributed by atoms with Crippen LogP contribution in [0.25, 0.3) is 0 Å². The van der Waals surface area contributed by atoms with Crippen molar-refractivity contribution < 1.29 is 29.3 Å². The van der Waals surface area contributed by atoms with Gasteiger partial charge in [-0.1, -0.05) is 68.0 Å². The molecule has 47 heavy (non-hydrogen) atoms. The summed E-state index contributed by atoms with van der Waals surface area (Å²) in [5.74, 6) is 0.0454. The fraction of sp³-hybridized carbons (Fsp3) is 0.525. The van der Waals surface area contributed by atoms with Gasteiger partial charge in [0.25, 0.3) is 0 Å². The first kappa shape index (κ1) is 35.2. The van der Waals surface area contributed by atoms with Gasteiger partial charge in [0.2, 0.25) is 5.78 Å². The standard InChI is InChI=1S/C40H53NO6/c1-4-21-41(25-33(43)27-46-26-30-11-6-5-7-12-30)28-40(45)20-18-36-34-17-15-31(24-35(34)38(44)37-13-9-22-47-37)23-32(42)16-14-29(2)10-8-19-39(36,40)3/h5-7,9-13,15,17,22,24,32-33,36,42-43,45H,4,8,14,16,18-21,23,25-28H2,1-3H3/t32-,33+,36-,39-,40+/m0/s1. The van der Waals surface area contributed by atoms with Crippen LogP contribution in [0.2, 0.25) is 0 Å². The van der Waals surface area contributed by atoms with E-state index in [1.807, 2.05) is 42.5 Å². The molecule has 7 nitrogen and oxygen atoms in total. The zero-order chi connectivity index (χ0) is 33.4. The van der Waals surface area contributed by atoms with E-state index in [4.69, 9.17) is 9.15 Å². The van der Waals surface area contributed by atoms with Gasteiger partial charge >= 0.3 is 0 Å². The first-order chi connectivity index (χ1) is 22.6. The Morgan fingerprint density at radius 1 is 1.11 bits per heavy atom. The van der Waals surface area contributed by atoms with E-state index in [1.165, 1.54) is 11.8 Å². The molecule has 7 heteroatoms. The van der Waals surface area contributed by atoms with Crippen LogP contribution < -0.4 is 0 Å². The fourth-order valence-corrected chi connectivity index (χ4v) is 7.90. The van der Waals surface area contributed by atoms with Crippen molar-refractivity contribution in [1.82, 2.24) is 4.90 Å². The first-order valence-electron chi connectivity index (χ1n) is 17.4. The summed E-state index contributed by atoms with van der Waals surface area (Å²) in [5, 5.41) is 34.6. The van der Waals surface area contributed by atoms with E-state index < -0.39 is 23.2 Å². The Morgan fingerprint density at radius 2 is 1.91 bits per heavy atom. The van der Waals surface area contributed by atoms with Crippen LogP contribution in [0.1, 0.15) is 104 Å². The van der Waals surface area contributed by atoms with Gasteiger partial charge in [-0.05, 0) is 106 Å². The summed E-state index contributed by atoms with van der Waals surface area (Å²) in [5.41, 5.74) is 3.16. The van der Waals surface area contributed by atoms with E-state index in [0.717, 1.165) is 55.3 Å². The number of rotatable bonds is 12. The summed E-state index contributed by atoms with van der Waals surface area (Å²) in [6, 6.07) is 19.4. The molecule has 0 unspecified atom stereocenters. The van der Waals surface area contributed by atoms with E-state index in [1.54, 1.807) is 12.1 Å². The maximum absolute atomic E-state index is 13.9. The van der Waals surface area contributed by atoms with Gasteiger partial charge in [-0.25, -0.2) is 0 Å². The number of carbonyl (C=O) groups excluding carboxylic acids is 1. The lowest BCUT2D eigenvalue weighted by molar-refractivity contribution is -0.0906. The number of allylic oxidation sites excluding steroid dienone is 2. The van der Waals surface area contributed by atoms with Gasteiger partial charge in [-0.2, -0.15) is 0 Å². The lowest BCUT2D eigenvalue weighted by Gasteiger charge is -2.46. The molecule has 3 aromatic rings. The van der Waals surface area contributed by atoms with Crippen molar-refractivity contribution >= 4 is 5.78 Å². The average Bonchev–Trinajstić information content (AvgIpc) is 3.67. The first-order valence-corrected chi connectivity index (χ1v) is 17.4. The van der Waals surface area contributed by atoms with Gasteiger partial charge in [-0.15, -0.1) is 0 Å². The molecule has 0 amide bonds. The van der Waals surface area contributed by atoms with Crippen molar-refractivity contribution in [2.45, 2.75) is 102 Å². The van der Waals surface area contributed by atoms with E-state index in [2.05, 4.69) is 37.8 Å². The topological polar surface area (TPSA) is 103 Å². The average molecular weight is 644 g/mol. The molecule has 1 saturated carbocycles. The molecule has 5 atom stereocenters. The Labute approximate surface area is 280 Å². The maximum atomic E-state index is 13.9. The van der Waals surface area contributed by atoms with Gasteiger partial charge in [-0.3, -0.25) is 9.69 Å². The summed E-state index contributed by atoms with van der Waals surface area (Å²) in [4.78, 5) is 16.1. The number of benzene rings is 2. The number of nitrogens with zero attached hydrogens (tertiary/aromatic N) is 1. The van der Waals surface area contributed by atoms with E-state index in [9.17, 15) is 20.1 Å². The highest BCUT2D eigenvalue weighted by Gasteiger charge is 2.57. The van der Waals surface area contributed by atoms with E-state index in [-0.39, 0.29) is 24.1 Å². The molecular weight excluding hydrogens is 590 g/mol. The molecule has 0 aliphatic heterocycles. The summed E-state index contributed by atoms with van der Waals surface area (Å²) in [7, 11) is 0. The molecule has 6 rings (SSSR count). The van der Waals surface area contributed by atoms with Crippen molar-refractivity contribution in [3.05, 3.63) is 107 Å². The van der Waals surface area contributed by atoms with E-state index >= 15 is 0 Å². The molecule has 2 bridgehead atoms. The zero-order valence-corrected chi connectivity index (χ0v) is 28.4. The minimum atomic E-state index is -1.05. The number of aliphatic hydroxyl groups is 3. The Bertz CT molecular complexity index is 1470. The summed E-state index contributed by atoms with van der Waals surface area (Å²) < 4.78 is 11.4. The van der Waals surface area contributed by atoms with Crippen LogP contribution in [0.5, 0.6) is 0 Å². The lowest BCUT2D eigenvalue weighted by Crippen LogP contribution is -2.54. The third-order valence-corrected chi connectivity index (χ3v) is 10.6. The van der Waals surface area contributed by atoms with Gasteiger partial charge in [0.15, 0.2) is 5.76 Å². The lowest BCUT2D eigenvalue weighted by atomic mass is 9.64. The number of carbonyl (C=O) groups is 1. The second-order valence-corrected chi connectivity index (χ2v) is 14.1. The summed E-state index contributed by atoms with van der Waals surface area (Å²) >= 11 is 0. The number of furan rings is 1. The molecule has 3 N–H and O–H groups in total. The molecule has 3 aliphatic rings. The molecular formula is C40H53NO6. The van der Waals surface area contributed by atoms with E-state index in [0.29, 0.717) is 44.5 Å². The van der Waals surface area contributed by atoms with Crippen LogP contribution in [0.4, 0.5) is 0 Å². The second kappa shape index (κ2) is 15.9. The SMILES string of the molecule is CCCN(C[C@@H](O)COCc1ccccc1)C[C@]1(O)CC[C@H]2c3ccc(cc3C(=O)c3ccco3)C[C@@H](O)CCC(C)=CCC[C@@]21C. The number of hydrogen-bond donors (Lipinski definition) is 3. The van der Waals surface area contributed by atoms with Crippen LogP contribution in [-0.4, -0.2) is 70.1 Å². The zero-order valence-electron chi connectivity index (χ0n) is 28.4. The second-order valence-electron chi connectivity index (χ2n) is 14.1. The van der Waals surface area contributed by atoms with Crippen LogP contribution >= 0.6 is 0 Å².